The minimum atomic E-state index is -0.887. The van der Waals surface area contributed by atoms with Gasteiger partial charge in [-0.3, -0.25) is 4.79 Å². The summed E-state index contributed by atoms with van der Waals surface area (Å²) in [5.74, 6) is 0.0217. The Balaban J connectivity index is 1.47. The lowest BCUT2D eigenvalue weighted by Crippen LogP contribution is -2.60. The van der Waals surface area contributed by atoms with Crippen LogP contribution in [-0.2, 0) is 11.2 Å². The average molecular weight is 395 g/mol. The maximum Gasteiger partial charge on any atom is 0.254 e. The first-order valence-electron chi connectivity index (χ1n) is 10.4. The van der Waals surface area contributed by atoms with Crippen LogP contribution in [0.25, 0.3) is 0 Å². The van der Waals surface area contributed by atoms with Gasteiger partial charge < -0.3 is 19.8 Å². The minimum absolute atomic E-state index is 0.0217. The standard InChI is InChI=1S/C24H29NO4/c1-17-6-8-18(9-7-17)16-19-4-2-3-5-20(19)23(28)25-13-11-24(12-14-25)22(27)21(26)10-15-29-24/h2-9,21-22,26-27H,10-16H2,1H3/t21-,22-/m0/s1. The van der Waals surface area contributed by atoms with Gasteiger partial charge >= 0.3 is 0 Å². The SMILES string of the molecule is Cc1ccc(Cc2ccccc2C(=O)N2CCC3(CC2)OCC[C@H](O)[C@@H]3O)cc1. The molecule has 2 aliphatic rings. The summed E-state index contributed by atoms with van der Waals surface area (Å²) in [6, 6.07) is 16.2. The van der Waals surface area contributed by atoms with Crippen LogP contribution in [0, 0.1) is 6.92 Å². The highest BCUT2D eigenvalue weighted by Gasteiger charge is 2.48. The lowest BCUT2D eigenvalue weighted by molar-refractivity contribution is -0.212. The highest BCUT2D eigenvalue weighted by molar-refractivity contribution is 5.96. The summed E-state index contributed by atoms with van der Waals surface area (Å²) in [5, 5.41) is 20.5. The Bertz CT molecular complexity index is 855. The van der Waals surface area contributed by atoms with Crippen LogP contribution in [0.1, 0.15) is 46.3 Å². The molecule has 2 saturated heterocycles. The molecule has 2 N–H and O–H groups in total. The van der Waals surface area contributed by atoms with Crippen molar-refractivity contribution in [2.45, 2.75) is 50.4 Å². The van der Waals surface area contributed by atoms with Gasteiger partial charge in [0.15, 0.2) is 0 Å². The van der Waals surface area contributed by atoms with E-state index >= 15 is 0 Å². The number of benzene rings is 2. The number of likely N-dealkylation sites (tertiary alicyclic amines) is 1. The number of piperidine rings is 1. The molecule has 2 fully saturated rings. The van der Waals surface area contributed by atoms with Crippen molar-refractivity contribution in [3.05, 3.63) is 70.8 Å². The zero-order valence-electron chi connectivity index (χ0n) is 16.9. The van der Waals surface area contributed by atoms with Gasteiger partial charge in [0.05, 0.1) is 18.3 Å². The Kier molecular flexibility index (Phi) is 5.72. The summed E-state index contributed by atoms with van der Waals surface area (Å²) in [5.41, 5.74) is 3.43. The first-order chi connectivity index (χ1) is 14.0. The summed E-state index contributed by atoms with van der Waals surface area (Å²) >= 11 is 0. The second-order valence-corrected chi connectivity index (χ2v) is 8.33. The zero-order chi connectivity index (χ0) is 20.4. The summed E-state index contributed by atoms with van der Waals surface area (Å²) in [6.07, 6.45) is 0.615. The van der Waals surface area contributed by atoms with Crippen LogP contribution in [-0.4, -0.2) is 58.5 Å². The van der Waals surface area contributed by atoms with Crippen molar-refractivity contribution in [1.29, 1.82) is 0 Å². The van der Waals surface area contributed by atoms with E-state index in [9.17, 15) is 15.0 Å². The molecule has 0 aromatic heterocycles. The Morgan fingerprint density at radius 3 is 2.52 bits per heavy atom. The molecular weight excluding hydrogens is 366 g/mol. The first-order valence-corrected chi connectivity index (χ1v) is 10.4. The van der Waals surface area contributed by atoms with E-state index in [4.69, 9.17) is 4.74 Å². The number of carbonyl (C=O) groups is 1. The van der Waals surface area contributed by atoms with Gasteiger partial charge in [0, 0.05) is 18.7 Å². The lowest BCUT2D eigenvalue weighted by atomic mass is 9.80. The fourth-order valence-electron chi connectivity index (χ4n) is 4.48. The molecule has 29 heavy (non-hydrogen) atoms. The largest absolute Gasteiger partial charge is 0.390 e. The summed E-state index contributed by atoms with van der Waals surface area (Å²) in [7, 11) is 0. The van der Waals surface area contributed by atoms with Crippen molar-refractivity contribution in [2.75, 3.05) is 19.7 Å². The molecule has 0 radical (unpaired) electrons. The van der Waals surface area contributed by atoms with Crippen LogP contribution in [0.5, 0.6) is 0 Å². The van der Waals surface area contributed by atoms with Crippen molar-refractivity contribution in [3.8, 4) is 0 Å². The fourth-order valence-corrected chi connectivity index (χ4v) is 4.48. The molecule has 2 aromatic carbocycles. The molecule has 0 saturated carbocycles. The number of hydrogen-bond acceptors (Lipinski definition) is 4. The Morgan fingerprint density at radius 1 is 1.10 bits per heavy atom. The van der Waals surface area contributed by atoms with Crippen molar-refractivity contribution in [3.63, 3.8) is 0 Å². The number of hydrogen-bond donors (Lipinski definition) is 2. The highest BCUT2D eigenvalue weighted by Crippen LogP contribution is 2.36. The number of nitrogens with zero attached hydrogens (tertiary/aromatic N) is 1. The number of aliphatic hydroxyl groups excluding tert-OH is 2. The Morgan fingerprint density at radius 2 is 1.79 bits per heavy atom. The molecule has 0 unspecified atom stereocenters. The fraction of sp³-hybridized carbons (Fsp3) is 0.458. The van der Waals surface area contributed by atoms with Crippen molar-refractivity contribution >= 4 is 5.91 Å². The van der Waals surface area contributed by atoms with E-state index in [-0.39, 0.29) is 5.91 Å². The predicted octanol–water partition coefficient (Wildman–Crippen LogP) is 2.70. The molecule has 0 bridgehead atoms. The summed E-state index contributed by atoms with van der Waals surface area (Å²) < 4.78 is 5.89. The maximum absolute atomic E-state index is 13.3. The number of aryl methyl sites for hydroxylation is 1. The zero-order valence-corrected chi connectivity index (χ0v) is 16.9. The van der Waals surface area contributed by atoms with E-state index in [1.54, 1.807) is 0 Å². The lowest BCUT2D eigenvalue weighted by Gasteiger charge is -2.48. The molecule has 0 aliphatic carbocycles. The van der Waals surface area contributed by atoms with E-state index in [1.165, 1.54) is 11.1 Å². The number of carbonyl (C=O) groups excluding carboxylic acids is 1. The third-order valence-electron chi connectivity index (χ3n) is 6.37. The number of aliphatic hydroxyl groups is 2. The van der Waals surface area contributed by atoms with E-state index in [2.05, 4.69) is 31.2 Å². The number of rotatable bonds is 3. The van der Waals surface area contributed by atoms with Crippen molar-refractivity contribution < 1.29 is 19.7 Å². The molecule has 2 atom stereocenters. The van der Waals surface area contributed by atoms with Gasteiger partial charge in [-0.25, -0.2) is 0 Å². The van der Waals surface area contributed by atoms with Crippen molar-refractivity contribution in [2.24, 2.45) is 0 Å². The number of amides is 1. The van der Waals surface area contributed by atoms with Gasteiger partial charge in [-0.2, -0.15) is 0 Å². The number of ether oxygens (including phenoxy) is 1. The molecule has 2 aliphatic heterocycles. The van der Waals surface area contributed by atoms with Crippen LogP contribution in [0.4, 0.5) is 0 Å². The third-order valence-corrected chi connectivity index (χ3v) is 6.37. The van der Waals surface area contributed by atoms with Gasteiger partial charge in [-0.05, 0) is 49.8 Å². The molecule has 4 rings (SSSR count). The molecule has 2 heterocycles. The molecule has 1 spiro atoms. The summed E-state index contributed by atoms with van der Waals surface area (Å²) in [6.45, 7) is 3.55. The molecular formula is C24H29NO4. The van der Waals surface area contributed by atoms with E-state index in [0.717, 1.165) is 11.1 Å². The van der Waals surface area contributed by atoms with Crippen LogP contribution >= 0.6 is 0 Å². The highest BCUT2D eigenvalue weighted by atomic mass is 16.5. The van der Waals surface area contributed by atoms with E-state index < -0.39 is 17.8 Å². The van der Waals surface area contributed by atoms with Crippen LogP contribution < -0.4 is 0 Å². The molecule has 2 aromatic rings. The molecule has 5 heteroatoms. The average Bonchev–Trinajstić information content (AvgIpc) is 2.74. The van der Waals surface area contributed by atoms with Crippen molar-refractivity contribution in [1.82, 2.24) is 4.90 Å². The smallest absolute Gasteiger partial charge is 0.254 e. The van der Waals surface area contributed by atoms with Gasteiger partial charge in [0.2, 0.25) is 0 Å². The normalized spacial score (nSPS) is 23.9. The quantitative estimate of drug-likeness (QED) is 0.838. The molecule has 5 nitrogen and oxygen atoms in total. The topological polar surface area (TPSA) is 70.0 Å². The van der Waals surface area contributed by atoms with Crippen LogP contribution in [0.2, 0.25) is 0 Å². The Hall–Kier alpha value is -2.21. The Labute approximate surface area is 171 Å². The van der Waals surface area contributed by atoms with Gasteiger partial charge in [0.1, 0.15) is 6.10 Å². The third kappa shape index (κ3) is 4.08. The monoisotopic (exact) mass is 395 g/mol. The van der Waals surface area contributed by atoms with Gasteiger partial charge in [-0.1, -0.05) is 48.0 Å². The van der Waals surface area contributed by atoms with E-state index in [0.29, 0.717) is 45.4 Å². The molecule has 1 amide bonds. The van der Waals surface area contributed by atoms with E-state index in [1.807, 2.05) is 29.2 Å². The molecule has 154 valence electrons. The van der Waals surface area contributed by atoms with Gasteiger partial charge in [-0.15, -0.1) is 0 Å². The van der Waals surface area contributed by atoms with Gasteiger partial charge in [0.25, 0.3) is 5.91 Å². The van der Waals surface area contributed by atoms with Crippen LogP contribution in [0.3, 0.4) is 0 Å². The van der Waals surface area contributed by atoms with Crippen LogP contribution in [0.15, 0.2) is 48.5 Å². The summed E-state index contributed by atoms with van der Waals surface area (Å²) in [4.78, 5) is 15.1. The second kappa shape index (κ2) is 8.27. The maximum atomic E-state index is 13.3. The minimum Gasteiger partial charge on any atom is -0.390 e. The second-order valence-electron chi connectivity index (χ2n) is 8.33. The first kappa shape index (κ1) is 20.1. The predicted molar refractivity (Wildman–Crippen MR) is 111 cm³/mol.